The Kier molecular flexibility index (Phi) is 5.43. The topological polar surface area (TPSA) is 60.2 Å². The Balaban J connectivity index is 1.64. The van der Waals surface area contributed by atoms with Crippen LogP contribution in [0.1, 0.15) is 17.2 Å². The molecule has 0 aliphatic rings. The molecule has 29 heavy (non-hydrogen) atoms. The third-order valence-corrected chi connectivity index (χ3v) is 4.89. The Morgan fingerprint density at radius 3 is 1.90 bits per heavy atom. The van der Waals surface area contributed by atoms with E-state index in [9.17, 15) is 0 Å². The molecule has 1 aromatic heterocycles. The molecule has 4 heteroatoms. The highest BCUT2D eigenvalue weighted by Crippen LogP contribution is 2.31. The van der Waals surface area contributed by atoms with Crippen LogP contribution in [-0.2, 0) is 0 Å². The maximum absolute atomic E-state index is 6.37. The summed E-state index contributed by atoms with van der Waals surface area (Å²) in [6.45, 7) is 0. The highest BCUT2D eigenvalue weighted by atomic mass is 16.5. The Hall–Kier alpha value is -3.79. The molecule has 0 aliphatic carbocycles. The number of rotatable bonds is 6. The number of benzene rings is 3. The number of pyridine rings is 1. The fraction of sp³-hybridized carbons (Fsp3) is 0.0800. The first-order valence-electron chi connectivity index (χ1n) is 9.51. The minimum absolute atomic E-state index is 0.0426. The third-order valence-electron chi connectivity index (χ3n) is 4.89. The van der Waals surface area contributed by atoms with Gasteiger partial charge in [0.25, 0.3) is 0 Å². The van der Waals surface area contributed by atoms with Gasteiger partial charge in [0.2, 0.25) is 0 Å². The van der Waals surface area contributed by atoms with Gasteiger partial charge < -0.3 is 15.8 Å². The monoisotopic (exact) mass is 381 g/mol. The van der Waals surface area contributed by atoms with Crippen molar-refractivity contribution < 1.29 is 4.74 Å². The Morgan fingerprint density at radius 2 is 1.38 bits per heavy atom. The quantitative estimate of drug-likeness (QED) is 0.460. The summed E-state index contributed by atoms with van der Waals surface area (Å²) in [5, 5.41) is 3.52. The van der Waals surface area contributed by atoms with E-state index in [1.165, 1.54) is 0 Å². The summed E-state index contributed by atoms with van der Waals surface area (Å²) in [6, 6.07) is 30.4. The highest BCUT2D eigenvalue weighted by molar-refractivity contribution is 5.73. The first-order valence-corrected chi connectivity index (χ1v) is 9.51. The van der Waals surface area contributed by atoms with E-state index in [1.54, 1.807) is 7.11 Å². The second kappa shape index (κ2) is 8.48. The van der Waals surface area contributed by atoms with E-state index in [0.717, 1.165) is 28.0 Å². The highest BCUT2D eigenvalue weighted by Gasteiger charge is 2.16. The van der Waals surface area contributed by atoms with Crippen molar-refractivity contribution in [3.05, 3.63) is 108 Å². The van der Waals surface area contributed by atoms with Gasteiger partial charge in [-0.2, -0.15) is 0 Å². The number of aromatic nitrogens is 1. The summed E-state index contributed by atoms with van der Waals surface area (Å²) >= 11 is 0. The van der Waals surface area contributed by atoms with Crippen LogP contribution >= 0.6 is 0 Å². The number of ether oxygens (including phenoxy) is 1. The molecule has 0 saturated heterocycles. The normalized spacial score (nSPS) is 10.7. The molecular weight excluding hydrogens is 358 g/mol. The smallest absolute Gasteiger partial charge is 0.149 e. The van der Waals surface area contributed by atoms with E-state index >= 15 is 0 Å². The van der Waals surface area contributed by atoms with Crippen molar-refractivity contribution in [3.8, 4) is 16.9 Å². The van der Waals surface area contributed by atoms with Gasteiger partial charge in [0.05, 0.1) is 18.8 Å². The van der Waals surface area contributed by atoms with Gasteiger partial charge in [-0.05, 0) is 34.9 Å². The molecule has 1 heterocycles. The van der Waals surface area contributed by atoms with Crippen molar-refractivity contribution in [3.63, 3.8) is 0 Å². The van der Waals surface area contributed by atoms with Crippen LogP contribution in [0.2, 0.25) is 0 Å². The molecule has 0 spiro atoms. The van der Waals surface area contributed by atoms with Crippen molar-refractivity contribution in [2.75, 3.05) is 18.2 Å². The summed E-state index contributed by atoms with van der Waals surface area (Å²) < 4.78 is 5.23. The van der Waals surface area contributed by atoms with Crippen LogP contribution in [-0.4, -0.2) is 12.1 Å². The minimum atomic E-state index is -0.0426. The molecule has 0 fully saturated rings. The summed E-state index contributed by atoms with van der Waals surface area (Å²) in [6.07, 6.45) is 1.84. The van der Waals surface area contributed by atoms with Crippen molar-refractivity contribution in [2.45, 2.75) is 6.04 Å². The number of methoxy groups -OCH3 is 1. The molecular formula is C25H23N3O. The van der Waals surface area contributed by atoms with Crippen molar-refractivity contribution in [1.29, 1.82) is 0 Å². The maximum Gasteiger partial charge on any atom is 0.149 e. The Morgan fingerprint density at radius 1 is 0.793 bits per heavy atom. The maximum atomic E-state index is 6.37. The summed E-state index contributed by atoms with van der Waals surface area (Å²) in [5.74, 6) is 1.49. The zero-order valence-corrected chi connectivity index (χ0v) is 16.2. The van der Waals surface area contributed by atoms with Crippen LogP contribution in [0.15, 0.2) is 97.2 Å². The van der Waals surface area contributed by atoms with Gasteiger partial charge in [0.15, 0.2) is 0 Å². The predicted molar refractivity (Wildman–Crippen MR) is 119 cm³/mol. The summed E-state index contributed by atoms with van der Waals surface area (Å²) in [5.41, 5.74) is 11.3. The SMILES string of the molecule is COc1ccc(-c2cnc(NC(c3ccccc3)c3ccccc3)c(N)c2)cc1. The molecule has 0 amide bonds. The average molecular weight is 381 g/mol. The van der Waals surface area contributed by atoms with Crippen LogP contribution in [0, 0.1) is 0 Å². The molecule has 4 aromatic rings. The van der Waals surface area contributed by atoms with Crippen molar-refractivity contribution >= 4 is 11.5 Å². The van der Waals surface area contributed by atoms with E-state index in [1.807, 2.05) is 72.9 Å². The van der Waals surface area contributed by atoms with Crippen LogP contribution in [0.4, 0.5) is 11.5 Å². The molecule has 0 unspecified atom stereocenters. The lowest BCUT2D eigenvalue weighted by molar-refractivity contribution is 0.415. The molecule has 144 valence electrons. The van der Waals surface area contributed by atoms with Crippen LogP contribution in [0.25, 0.3) is 11.1 Å². The molecule has 0 radical (unpaired) electrons. The standard InChI is InChI=1S/C25H23N3O/c1-29-22-14-12-18(13-15-22)21-16-23(26)25(27-17-21)28-24(19-8-4-2-5-9-19)20-10-6-3-7-11-20/h2-17,24H,26H2,1H3,(H,27,28). The van der Waals surface area contributed by atoms with Crippen LogP contribution < -0.4 is 15.8 Å². The Labute approximate surface area is 171 Å². The molecule has 3 N–H and O–H groups in total. The third kappa shape index (κ3) is 4.22. The lowest BCUT2D eigenvalue weighted by atomic mass is 9.98. The summed E-state index contributed by atoms with van der Waals surface area (Å²) in [7, 11) is 1.66. The average Bonchev–Trinajstić information content (AvgIpc) is 2.79. The fourth-order valence-electron chi connectivity index (χ4n) is 3.33. The van der Waals surface area contributed by atoms with E-state index in [2.05, 4.69) is 34.6 Å². The molecule has 4 rings (SSSR count). The lowest BCUT2D eigenvalue weighted by Crippen LogP contribution is -2.14. The van der Waals surface area contributed by atoms with Crippen molar-refractivity contribution in [1.82, 2.24) is 4.98 Å². The second-order valence-electron chi connectivity index (χ2n) is 6.79. The van der Waals surface area contributed by atoms with Crippen LogP contribution in [0.3, 0.4) is 0 Å². The van der Waals surface area contributed by atoms with E-state index in [4.69, 9.17) is 10.5 Å². The fourth-order valence-corrected chi connectivity index (χ4v) is 3.33. The van der Waals surface area contributed by atoms with Gasteiger partial charge in [-0.1, -0.05) is 72.8 Å². The number of hydrogen-bond acceptors (Lipinski definition) is 4. The number of nitrogens with one attached hydrogen (secondary N) is 1. The molecule has 0 bridgehead atoms. The van der Waals surface area contributed by atoms with Crippen LogP contribution in [0.5, 0.6) is 5.75 Å². The zero-order chi connectivity index (χ0) is 20.1. The first kappa shape index (κ1) is 18.6. The molecule has 0 aliphatic heterocycles. The van der Waals surface area contributed by atoms with E-state index < -0.39 is 0 Å². The van der Waals surface area contributed by atoms with Gasteiger partial charge in [0.1, 0.15) is 11.6 Å². The van der Waals surface area contributed by atoms with E-state index in [-0.39, 0.29) is 6.04 Å². The van der Waals surface area contributed by atoms with Gasteiger partial charge in [0, 0.05) is 11.8 Å². The largest absolute Gasteiger partial charge is 0.497 e. The number of anilines is 2. The molecule has 4 nitrogen and oxygen atoms in total. The number of nitrogen functional groups attached to an aromatic ring is 1. The van der Waals surface area contributed by atoms with E-state index in [0.29, 0.717) is 11.5 Å². The summed E-state index contributed by atoms with van der Waals surface area (Å²) in [4.78, 5) is 4.62. The molecule has 3 aromatic carbocycles. The number of nitrogens with two attached hydrogens (primary N) is 1. The van der Waals surface area contributed by atoms with Crippen molar-refractivity contribution in [2.24, 2.45) is 0 Å². The predicted octanol–water partition coefficient (Wildman–Crippen LogP) is 5.54. The second-order valence-corrected chi connectivity index (χ2v) is 6.79. The number of nitrogens with zero attached hydrogens (tertiary/aromatic N) is 1. The number of hydrogen-bond donors (Lipinski definition) is 2. The van der Waals surface area contributed by atoms with Gasteiger partial charge >= 0.3 is 0 Å². The lowest BCUT2D eigenvalue weighted by Gasteiger charge is -2.21. The minimum Gasteiger partial charge on any atom is -0.497 e. The molecule has 0 atom stereocenters. The zero-order valence-electron chi connectivity index (χ0n) is 16.2. The first-order chi connectivity index (χ1) is 14.2. The van der Waals surface area contributed by atoms with Gasteiger partial charge in [-0.25, -0.2) is 4.98 Å². The molecule has 0 saturated carbocycles. The Bertz CT molecular complexity index is 1020. The van der Waals surface area contributed by atoms with Gasteiger partial charge in [-0.15, -0.1) is 0 Å². The van der Waals surface area contributed by atoms with Gasteiger partial charge in [-0.3, -0.25) is 0 Å².